The number of benzene rings is 1. The fourth-order valence-corrected chi connectivity index (χ4v) is 2.72. The molecule has 0 bridgehead atoms. The average Bonchev–Trinajstić information content (AvgIpc) is 3.10. The van der Waals surface area contributed by atoms with Crippen molar-refractivity contribution >= 4 is 40.6 Å². The molecule has 2 aromatic rings. The molecule has 2 N–H and O–H groups in total. The summed E-state index contributed by atoms with van der Waals surface area (Å²) in [6.45, 7) is 1.45. The van der Waals surface area contributed by atoms with E-state index in [0.29, 0.717) is 28.1 Å². The van der Waals surface area contributed by atoms with Gasteiger partial charge in [0.2, 0.25) is 0 Å². The number of ether oxygens (including phenoxy) is 1. The number of amides is 1. The number of carbonyl (C=O) groups is 1. The molecule has 1 unspecified atom stereocenters. The minimum Gasteiger partial charge on any atom is -0.376 e. The molecule has 8 heteroatoms. The summed E-state index contributed by atoms with van der Waals surface area (Å²) in [4.78, 5) is 20.4. The first kappa shape index (κ1) is 17.0. The molecule has 24 heavy (non-hydrogen) atoms. The van der Waals surface area contributed by atoms with E-state index >= 15 is 0 Å². The normalized spacial score (nSPS) is 16.8. The summed E-state index contributed by atoms with van der Waals surface area (Å²) in [5, 5.41) is 6.74. The number of hydrogen-bond donors (Lipinski definition) is 2. The Kier molecular flexibility index (Phi) is 5.50. The van der Waals surface area contributed by atoms with Crippen LogP contribution in [0.5, 0.6) is 0 Å². The predicted octanol–water partition coefficient (Wildman–Crippen LogP) is 3.63. The molecule has 2 heterocycles. The van der Waals surface area contributed by atoms with Gasteiger partial charge < -0.3 is 15.4 Å². The summed E-state index contributed by atoms with van der Waals surface area (Å²) in [6.07, 6.45) is 3.62. The lowest BCUT2D eigenvalue weighted by molar-refractivity contribution is 0.102. The zero-order chi connectivity index (χ0) is 16.9. The molecule has 3 rings (SSSR count). The SMILES string of the molecule is O=C(Nc1cc(Cl)ccc1Cl)c1cc(NCC2CCCO2)ncn1. The van der Waals surface area contributed by atoms with E-state index in [1.54, 1.807) is 24.3 Å². The van der Waals surface area contributed by atoms with E-state index in [9.17, 15) is 4.79 Å². The number of anilines is 2. The monoisotopic (exact) mass is 366 g/mol. The first-order valence-electron chi connectivity index (χ1n) is 7.56. The molecule has 1 aromatic heterocycles. The van der Waals surface area contributed by atoms with E-state index in [4.69, 9.17) is 27.9 Å². The van der Waals surface area contributed by atoms with Crippen LogP contribution in [-0.2, 0) is 4.74 Å². The van der Waals surface area contributed by atoms with Gasteiger partial charge in [-0.25, -0.2) is 9.97 Å². The molecule has 1 aliphatic rings. The molecule has 0 aliphatic carbocycles. The maximum Gasteiger partial charge on any atom is 0.274 e. The number of hydrogen-bond acceptors (Lipinski definition) is 5. The molecular weight excluding hydrogens is 351 g/mol. The molecule has 1 atom stereocenters. The van der Waals surface area contributed by atoms with Gasteiger partial charge in [0.1, 0.15) is 17.8 Å². The van der Waals surface area contributed by atoms with Crippen LogP contribution in [0.3, 0.4) is 0 Å². The summed E-state index contributed by atoms with van der Waals surface area (Å²) in [5.41, 5.74) is 0.664. The minimum atomic E-state index is -0.387. The molecule has 1 aromatic carbocycles. The summed E-state index contributed by atoms with van der Waals surface area (Å²) >= 11 is 12.0. The Morgan fingerprint density at radius 3 is 2.96 bits per heavy atom. The van der Waals surface area contributed by atoms with Crippen LogP contribution >= 0.6 is 23.2 Å². The fraction of sp³-hybridized carbons (Fsp3) is 0.312. The quantitative estimate of drug-likeness (QED) is 0.844. The summed E-state index contributed by atoms with van der Waals surface area (Å²) in [6, 6.07) is 6.44. The van der Waals surface area contributed by atoms with Crippen molar-refractivity contribution in [2.75, 3.05) is 23.8 Å². The minimum absolute atomic E-state index is 0.183. The van der Waals surface area contributed by atoms with Crippen LogP contribution in [0.1, 0.15) is 23.3 Å². The van der Waals surface area contributed by atoms with Crippen molar-refractivity contribution in [2.24, 2.45) is 0 Å². The molecule has 1 fully saturated rings. The second kappa shape index (κ2) is 7.79. The second-order valence-electron chi connectivity index (χ2n) is 5.38. The topological polar surface area (TPSA) is 76.1 Å². The first-order chi connectivity index (χ1) is 11.6. The van der Waals surface area contributed by atoms with Gasteiger partial charge in [0, 0.05) is 24.2 Å². The number of nitrogens with one attached hydrogen (secondary N) is 2. The van der Waals surface area contributed by atoms with Gasteiger partial charge in [-0.2, -0.15) is 0 Å². The Hall–Kier alpha value is -1.89. The number of carbonyl (C=O) groups excluding carboxylic acids is 1. The van der Waals surface area contributed by atoms with Crippen LogP contribution < -0.4 is 10.6 Å². The molecule has 1 amide bonds. The summed E-state index contributed by atoms with van der Waals surface area (Å²) in [7, 11) is 0. The molecular formula is C16H16Cl2N4O2. The zero-order valence-electron chi connectivity index (χ0n) is 12.8. The van der Waals surface area contributed by atoms with E-state index in [2.05, 4.69) is 20.6 Å². The highest BCUT2D eigenvalue weighted by Crippen LogP contribution is 2.25. The third-order valence-corrected chi connectivity index (χ3v) is 4.18. The highest BCUT2D eigenvalue weighted by atomic mass is 35.5. The second-order valence-corrected chi connectivity index (χ2v) is 6.23. The van der Waals surface area contributed by atoms with Crippen LogP contribution in [-0.4, -0.2) is 35.1 Å². The van der Waals surface area contributed by atoms with Gasteiger partial charge in [-0.3, -0.25) is 4.79 Å². The Balaban J connectivity index is 1.66. The van der Waals surface area contributed by atoms with Crippen LogP contribution in [0, 0.1) is 0 Å². The lowest BCUT2D eigenvalue weighted by Gasteiger charge is -2.12. The van der Waals surface area contributed by atoms with Crippen molar-refractivity contribution < 1.29 is 9.53 Å². The fourth-order valence-electron chi connectivity index (χ4n) is 2.38. The maximum atomic E-state index is 12.3. The van der Waals surface area contributed by atoms with Gasteiger partial charge in [-0.05, 0) is 31.0 Å². The number of rotatable bonds is 5. The molecule has 126 valence electrons. The van der Waals surface area contributed by atoms with E-state index < -0.39 is 0 Å². The maximum absolute atomic E-state index is 12.3. The van der Waals surface area contributed by atoms with Crippen molar-refractivity contribution in [3.63, 3.8) is 0 Å². The summed E-state index contributed by atoms with van der Waals surface area (Å²) in [5.74, 6) is 0.185. The first-order valence-corrected chi connectivity index (χ1v) is 8.31. The third-order valence-electron chi connectivity index (χ3n) is 3.61. The van der Waals surface area contributed by atoms with Crippen molar-refractivity contribution in [1.82, 2.24) is 9.97 Å². The van der Waals surface area contributed by atoms with E-state index in [1.807, 2.05) is 0 Å². The Labute approximate surface area is 149 Å². The van der Waals surface area contributed by atoms with Gasteiger partial charge >= 0.3 is 0 Å². The van der Waals surface area contributed by atoms with Crippen molar-refractivity contribution in [3.05, 3.63) is 46.3 Å². The van der Waals surface area contributed by atoms with E-state index in [1.165, 1.54) is 6.33 Å². The van der Waals surface area contributed by atoms with Crippen LogP contribution in [0.4, 0.5) is 11.5 Å². The predicted molar refractivity (Wildman–Crippen MR) is 93.9 cm³/mol. The Bertz CT molecular complexity index is 736. The highest BCUT2D eigenvalue weighted by Gasteiger charge is 2.16. The lowest BCUT2D eigenvalue weighted by Crippen LogP contribution is -2.20. The molecule has 0 radical (unpaired) electrons. The molecule has 0 spiro atoms. The van der Waals surface area contributed by atoms with Gasteiger partial charge in [0.25, 0.3) is 5.91 Å². The molecule has 1 aliphatic heterocycles. The van der Waals surface area contributed by atoms with Gasteiger partial charge in [0.05, 0.1) is 16.8 Å². The van der Waals surface area contributed by atoms with E-state index in [0.717, 1.165) is 19.4 Å². The van der Waals surface area contributed by atoms with Crippen molar-refractivity contribution in [1.29, 1.82) is 0 Å². The largest absolute Gasteiger partial charge is 0.376 e. The van der Waals surface area contributed by atoms with Crippen molar-refractivity contribution in [2.45, 2.75) is 18.9 Å². The average molecular weight is 367 g/mol. The molecule has 6 nitrogen and oxygen atoms in total. The number of halogens is 2. The molecule has 0 saturated carbocycles. The third kappa shape index (κ3) is 4.35. The summed E-state index contributed by atoms with van der Waals surface area (Å²) < 4.78 is 5.54. The van der Waals surface area contributed by atoms with Gasteiger partial charge in [-0.15, -0.1) is 0 Å². The smallest absolute Gasteiger partial charge is 0.274 e. The number of aromatic nitrogens is 2. The van der Waals surface area contributed by atoms with E-state index in [-0.39, 0.29) is 17.7 Å². The van der Waals surface area contributed by atoms with Crippen LogP contribution in [0.25, 0.3) is 0 Å². The van der Waals surface area contributed by atoms with Gasteiger partial charge in [-0.1, -0.05) is 23.2 Å². The van der Waals surface area contributed by atoms with Crippen LogP contribution in [0.2, 0.25) is 10.0 Å². The lowest BCUT2D eigenvalue weighted by atomic mass is 10.2. The van der Waals surface area contributed by atoms with Crippen molar-refractivity contribution in [3.8, 4) is 0 Å². The highest BCUT2D eigenvalue weighted by molar-refractivity contribution is 6.35. The van der Waals surface area contributed by atoms with Gasteiger partial charge in [0.15, 0.2) is 0 Å². The van der Waals surface area contributed by atoms with Crippen LogP contribution in [0.15, 0.2) is 30.6 Å². The Morgan fingerprint density at radius 1 is 1.29 bits per heavy atom. The standard InChI is InChI=1S/C16H16Cl2N4O2/c17-10-3-4-12(18)13(6-10)22-16(23)14-7-15(21-9-20-14)19-8-11-2-1-5-24-11/h3-4,6-7,9,11H,1-2,5,8H2,(H,22,23)(H,19,20,21). The Morgan fingerprint density at radius 2 is 2.17 bits per heavy atom. The molecule has 1 saturated heterocycles. The zero-order valence-corrected chi connectivity index (χ0v) is 14.3. The number of nitrogens with zero attached hydrogens (tertiary/aromatic N) is 2.